The second-order valence-electron chi connectivity index (χ2n) is 7.43. The minimum absolute atomic E-state index is 0.108. The minimum atomic E-state index is -0.178. The predicted molar refractivity (Wildman–Crippen MR) is 103 cm³/mol. The molecular weight excluding hydrogens is 358 g/mol. The number of hydrogen-bond acceptors (Lipinski definition) is 5. The zero-order valence-corrected chi connectivity index (χ0v) is 16.1. The van der Waals surface area contributed by atoms with Gasteiger partial charge in [-0.05, 0) is 49.9 Å². The molecule has 1 atom stereocenters. The Bertz CT molecular complexity index is 840. The van der Waals surface area contributed by atoms with E-state index in [1.807, 2.05) is 29.2 Å². The van der Waals surface area contributed by atoms with Crippen LogP contribution in [0.2, 0.25) is 0 Å². The van der Waals surface area contributed by atoms with Crippen molar-refractivity contribution in [3.8, 4) is 17.1 Å². The number of nitrogens with zero attached hydrogens (tertiary/aromatic N) is 3. The summed E-state index contributed by atoms with van der Waals surface area (Å²) in [7, 11) is 1.61. The number of ether oxygens (including phenoxy) is 1. The fourth-order valence-corrected chi connectivity index (χ4v) is 3.99. The number of piperidine rings is 1. The number of rotatable bonds is 4. The van der Waals surface area contributed by atoms with Crippen molar-refractivity contribution in [3.63, 3.8) is 0 Å². The Balaban J connectivity index is 1.43. The molecule has 1 aromatic heterocycles. The quantitative estimate of drug-likeness (QED) is 0.811. The smallest absolute Gasteiger partial charge is 0.276 e. The van der Waals surface area contributed by atoms with Gasteiger partial charge >= 0.3 is 0 Å². The standard InChI is InChI=1S/C21H25N3O4/c1-27-17-8-6-15(7-9-17)19-13-18(22-28-19)21(26)24-12-4-5-16(14-24)20(25)23-10-2-3-11-23/h6-9,13,16H,2-5,10-12,14H2,1H3. The van der Waals surface area contributed by atoms with Crippen LogP contribution in [0.25, 0.3) is 11.3 Å². The monoisotopic (exact) mass is 383 g/mol. The molecule has 7 nitrogen and oxygen atoms in total. The van der Waals surface area contributed by atoms with Crippen LogP contribution in [0.5, 0.6) is 5.75 Å². The van der Waals surface area contributed by atoms with Gasteiger partial charge in [-0.2, -0.15) is 0 Å². The Morgan fingerprint density at radius 3 is 2.50 bits per heavy atom. The number of amides is 2. The number of likely N-dealkylation sites (tertiary alicyclic amines) is 2. The molecular formula is C21H25N3O4. The second kappa shape index (κ2) is 8.04. The summed E-state index contributed by atoms with van der Waals surface area (Å²) in [6.07, 6.45) is 3.83. The van der Waals surface area contributed by atoms with E-state index in [-0.39, 0.29) is 23.4 Å². The summed E-state index contributed by atoms with van der Waals surface area (Å²) in [6.45, 7) is 2.79. The van der Waals surface area contributed by atoms with Gasteiger partial charge in [-0.3, -0.25) is 9.59 Å². The van der Waals surface area contributed by atoms with Crippen LogP contribution >= 0.6 is 0 Å². The summed E-state index contributed by atoms with van der Waals surface area (Å²) in [5, 5.41) is 3.96. The van der Waals surface area contributed by atoms with E-state index in [0.717, 1.165) is 50.1 Å². The highest BCUT2D eigenvalue weighted by Gasteiger charge is 2.33. The summed E-state index contributed by atoms with van der Waals surface area (Å²) >= 11 is 0. The van der Waals surface area contributed by atoms with Crippen molar-refractivity contribution in [3.05, 3.63) is 36.0 Å². The Kier molecular flexibility index (Phi) is 5.32. The molecule has 28 heavy (non-hydrogen) atoms. The Morgan fingerprint density at radius 1 is 1.07 bits per heavy atom. The molecule has 0 spiro atoms. The maximum atomic E-state index is 12.9. The van der Waals surface area contributed by atoms with Crippen molar-refractivity contribution in [2.24, 2.45) is 5.92 Å². The van der Waals surface area contributed by atoms with Gasteiger partial charge in [0.05, 0.1) is 13.0 Å². The van der Waals surface area contributed by atoms with Crippen LogP contribution in [-0.4, -0.2) is 60.1 Å². The molecule has 1 unspecified atom stereocenters. The lowest BCUT2D eigenvalue weighted by atomic mass is 9.96. The van der Waals surface area contributed by atoms with Gasteiger partial charge in [0.25, 0.3) is 5.91 Å². The van der Waals surface area contributed by atoms with Gasteiger partial charge in [0.15, 0.2) is 11.5 Å². The zero-order valence-electron chi connectivity index (χ0n) is 16.1. The fraction of sp³-hybridized carbons (Fsp3) is 0.476. The van der Waals surface area contributed by atoms with Crippen molar-refractivity contribution in [1.82, 2.24) is 15.0 Å². The minimum Gasteiger partial charge on any atom is -0.497 e. The molecule has 7 heteroatoms. The van der Waals surface area contributed by atoms with E-state index in [0.29, 0.717) is 18.8 Å². The highest BCUT2D eigenvalue weighted by Crippen LogP contribution is 2.26. The van der Waals surface area contributed by atoms with Gasteiger partial charge in [0.2, 0.25) is 5.91 Å². The van der Waals surface area contributed by atoms with E-state index in [9.17, 15) is 9.59 Å². The fourth-order valence-electron chi connectivity index (χ4n) is 3.99. The van der Waals surface area contributed by atoms with Crippen LogP contribution in [0.1, 0.15) is 36.2 Å². The second-order valence-corrected chi connectivity index (χ2v) is 7.43. The molecule has 0 bridgehead atoms. The molecule has 3 heterocycles. The van der Waals surface area contributed by atoms with Gasteiger partial charge < -0.3 is 19.1 Å². The third-order valence-corrected chi connectivity index (χ3v) is 5.58. The SMILES string of the molecule is COc1ccc(-c2cc(C(=O)N3CCCC(C(=O)N4CCCC4)C3)no2)cc1. The third kappa shape index (κ3) is 3.74. The third-order valence-electron chi connectivity index (χ3n) is 5.58. The lowest BCUT2D eigenvalue weighted by Gasteiger charge is -2.33. The first kappa shape index (κ1) is 18.5. The molecule has 2 saturated heterocycles. The molecule has 148 valence electrons. The van der Waals surface area contributed by atoms with Crippen LogP contribution in [0.4, 0.5) is 0 Å². The normalized spacial score (nSPS) is 19.7. The molecule has 2 fully saturated rings. The molecule has 0 radical (unpaired) electrons. The molecule has 2 aliphatic rings. The lowest BCUT2D eigenvalue weighted by Crippen LogP contribution is -2.46. The number of hydrogen-bond donors (Lipinski definition) is 0. The summed E-state index contributed by atoms with van der Waals surface area (Å²) in [5.41, 5.74) is 1.10. The van der Waals surface area contributed by atoms with Gasteiger partial charge in [-0.1, -0.05) is 5.16 Å². The van der Waals surface area contributed by atoms with E-state index in [1.165, 1.54) is 0 Å². The average molecular weight is 383 g/mol. The van der Waals surface area contributed by atoms with E-state index in [1.54, 1.807) is 18.1 Å². The van der Waals surface area contributed by atoms with Gasteiger partial charge in [0.1, 0.15) is 5.75 Å². The van der Waals surface area contributed by atoms with Crippen LogP contribution in [0, 0.1) is 5.92 Å². The van der Waals surface area contributed by atoms with Crippen molar-refractivity contribution in [2.45, 2.75) is 25.7 Å². The van der Waals surface area contributed by atoms with Crippen molar-refractivity contribution >= 4 is 11.8 Å². The average Bonchev–Trinajstić information content (AvgIpc) is 3.45. The zero-order chi connectivity index (χ0) is 19.5. The molecule has 1 aromatic carbocycles. The number of carbonyl (C=O) groups excluding carboxylic acids is 2. The van der Waals surface area contributed by atoms with Crippen LogP contribution < -0.4 is 4.74 Å². The lowest BCUT2D eigenvalue weighted by molar-refractivity contribution is -0.135. The van der Waals surface area contributed by atoms with Crippen LogP contribution in [0.15, 0.2) is 34.9 Å². The molecule has 0 aliphatic carbocycles. The molecule has 2 aromatic rings. The van der Waals surface area contributed by atoms with Gasteiger partial charge in [0, 0.05) is 37.8 Å². The number of methoxy groups -OCH3 is 1. The number of carbonyl (C=O) groups is 2. The van der Waals surface area contributed by atoms with Crippen molar-refractivity contribution in [2.75, 3.05) is 33.3 Å². The van der Waals surface area contributed by atoms with Crippen LogP contribution in [-0.2, 0) is 4.79 Å². The summed E-state index contributed by atoms with van der Waals surface area (Å²) in [4.78, 5) is 29.3. The van der Waals surface area contributed by atoms with Crippen LogP contribution in [0.3, 0.4) is 0 Å². The largest absolute Gasteiger partial charge is 0.497 e. The van der Waals surface area contributed by atoms with E-state index in [2.05, 4.69) is 5.16 Å². The first-order valence-corrected chi connectivity index (χ1v) is 9.85. The molecule has 2 amide bonds. The predicted octanol–water partition coefficient (Wildman–Crippen LogP) is 2.82. The highest BCUT2D eigenvalue weighted by atomic mass is 16.5. The Hall–Kier alpha value is -2.83. The van der Waals surface area contributed by atoms with Gasteiger partial charge in [-0.25, -0.2) is 0 Å². The number of aromatic nitrogens is 1. The molecule has 0 saturated carbocycles. The Morgan fingerprint density at radius 2 is 1.79 bits per heavy atom. The molecule has 2 aliphatic heterocycles. The maximum absolute atomic E-state index is 12.9. The maximum Gasteiger partial charge on any atom is 0.276 e. The van der Waals surface area contributed by atoms with Crippen molar-refractivity contribution in [1.29, 1.82) is 0 Å². The molecule has 0 N–H and O–H groups in total. The summed E-state index contributed by atoms with van der Waals surface area (Å²) in [5.74, 6) is 1.19. The first-order chi connectivity index (χ1) is 13.7. The highest BCUT2D eigenvalue weighted by molar-refractivity contribution is 5.93. The molecule has 4 rings (SSSR count). The topological polar surface area (TPSA) is 75.9 Å². The first-order valence-electron chi connectivity index (χ1n) is 9.85. The van der Waals surface area contributed by atoms with E-state index >= 15 is 0 Å². The number of benzene rings is 1. The summed E-state index contributed by atoms with van der Waals surface area (Å²) < 4.78 is 10.5. The summed E-state index contributed by atoms with van der Waals surface area (Å²) in [6, 6.07) is 9.05. The van der Waals surface area contributed by atoms with Crippen molar-refractivity contribution < 1.29 is 18.8 Å². The Labute approximate surface area is 164 Å². The van der Waals surface area contributed by atoms with E-state index < -0.39 is 0 Å². The van der Waals surface area contributed by atoms with E-state index in [4.69, 9.17) is 9.26 Å². The van der Waals surface area contributed by atoms with Gasteiger partial charge in [-0.15, -0.1) is 0 Å².